The van der Waals surface area contributed by atoms with Gasteiger partial charge in [-0.05, 0) is 30.0 Å². The summed E-state index contributed by atoms with van der Waals surface area (Å²) in [5, 5.41) is 8.51. The van der Waals surface area contributed by atoms with Crippen molar-refractivity contribution in [1.82, 2.24) is 19.1 Å². The number of nitrogens with one attached hydrogen (secondary N) is 1. The fraction of sp³-hybridized carbons (Fsp3) is 0.312. The topological polar surface area (TPSA) is 55.6 Å². The molecule has 1 saturated carbocycles. The Balaban J connectivity index is 1.45. The van der Waals surface area contributed by atoms with E-state index in [0.717, 1.165) is 23.1 Å². The van der Waals surface area contributed by atoms with E-state index in [1.807, 2.05) is 24.1 Å². The fourth-order valence-electron chi connectivity index (χ4n) is 2.42. The summed E-state index contributed by atoms with van der Waals surface area (Å²) in [4.78, 5) is 4.55. The minimum absolute atomic E-state index is 0.612. The molecule has 0 bridgehead atoms. The number of aryl methyl sites for hydroxylation is 1. The van der Waals surface area contributed by atoms with Gasteiger partial charge in [0.25, 0.3) is 0 Å². The third-order valence-corrected chi connectivity index (χ3v) is 4.48. The predicted molar refractivity (Wildman–Crippen MR) is 87.9 cm³/mol. The van der Waals surface area contributed by atoms with E-state index in [1.54, 1.807) is 0 Å². The zero-order chi connectivity index (χ0) is 14.9. The van der Waals surface area contributed by atoms with Gasteiger partial charge in [0.15, 0.2) is 0 Å². The number of nitrogens with zero attached hydrogens (tertiary/aromatic N) is 4. The maximum Gasteiger partial charge on any atom is 0.202 e. The van der Waals surface area contributed by atoms with Crippen LogP contribution in [0.4, 0.5) is 5.13 Å². The summed E-state index contributed by atoms with van der Waals surface area (Å²) in [5.74, 6) is 1.62. The second kappa shape index (κ2) is 5.53. The number of benzene rings is 1. The van der Waals surface area contributed by atoms with Crippen molar-refractivity contribution in [1.29, 1.82) is 0 Å². The Morgan fingerprint density at radius 1 is 1.32 bits per heavy atom. The number of anilines is 1. The van der Waals surface area contributed by atoms with Crippen LogP contribution in [-0.2, 0) is 13.6 Å². The molecule has 0 unspecified atom stereocenters. The molecule has 0 radical (unpaired) electrons. The van der Waals surface area contributed by atoms with Crippen LogP contribution >= 0.6 is 11.5 Å². The van der Waals surface area contributed by atoms with E-state index in [2.05, 4.69) is 44.0 Å². The summed E-state index contributed by atoms with van der Waals surface area (Å²) in [6, 6.07) is 8.49. The van der Waals surface area contributed by atoms with Gasteiger partial charge in [0.1, 0.15) is 5.82 Å². The first-order chi connectivity index (χ1) is 10.8. The highest BCUT2D eigenvalue weighted by Gasteiger charge is 2.27. The molecular formula is C16H17N5S. The Morgan fingerprint density at radius 3 is 3.00 bits per heavy atom. The lowest BCUT2D eigenvalue weighted by Gasteiger charge is -2.04. The van der Waals surface area contributed by atoms with Crippen molar-refractivity contribution in [2.45, 2.75) is 25.3 Å². The molecule has 1 fully saturated rings. The summed E-state index contributed by atoms with van der Waals surface area (Å²) in [5.41, 5.74) is 3.55. The molecule has 4 rings (SSSR count). The molecule has 2 aromatic heterocycles. The van der Waals surface area contributed by atoms with Crippen LogP contribution < -0.4 is 5.32 Å². The highest BCUT2D eigenvalue weighted by atomic mass is 32.1. The van der Waals surface area contributed by atoms with E-state index in [4.69, 9.17) is 0 Å². The lowest BCUT2D eigenvalue weighted by Crippen LogP contribution is -1.99. The second-order valence-electron chi connectivity index (χ2n) is 5.69. The molecule has 1 N–H and O–H groups in total. The molecule has 0 amide bonds. The molecule has 0 spiro atoms. The SMILES string of the molecule is Cn1cc(-c2cccc(CNc3nc(C4CC4)ns3)c2)cn1. The Kier molecular flexibility index (Phi) is 3.38. The standard InChI is InChI=1S/C16H17N5S/c1-21-10-14(9-18-21)13-4-2-3-11(7-13)8-17-16-19-15(20-22-16)12-5-6-12/h2-4,7,9-10,12H,5-6,8H2,1H3,(H,17,19,20). The maximum atomic E-state index is 4.55. The average molecular weight is 311 g/mol. The first-order valence-corrected chi connectivity index (χ1v) is 8.21. The van der Waals surface area contributed by atoms with E-state index in [-0.39, 0.29) is 0 Å². The highest BCUT2D eigenvalue weighted by Crippen LogP contribution is 2.39. The Hall–Kier alpha value is -2.21. The van der Waals surface area contributed by atoms with Crippen molar-refractivity contribution in [3.05, 3.63) is 48.0 Å². The predicted octanol–water partition coefficient (Wildman–Crippen LogP) is 3.43. The summed E-state index contributed by atoms with van der Waals surface area (Å²) >= 11 is 1.46. The van der Waals surface area contributed by atoms with E-state index in [1.165, 1.54) is 35.5 Å². The largest absolute Gasteiger partial charge is 0.356 e. The molecular weight excluding hydrogens is 294 g/mol. The summed E-state index contributed by atoms with van der Waals surface area (Å²) < 4.78 is 6.24. The van der Waals surface area contributed by atoms with Gasteiger partial charge >= 0.3 is 0 Å². The van der Waals surface area contributed by atoms with Crippen LogP contribution in [0.25, 0.3) is 11.1 Å². The van der Waals surface area contributed by atoms with Gasteiger partial charge in [0.05, 0.1) is 6.20 Å². The third kappa shape index (κ3) is 2.87. The zero-order valence-corrected chi connectivity index (χ0v) is 13.2. The molecule has 1 aliphatic carbocycles. The van der Waals surface area contributed by atoms with Crippen LogP contribution in [0.15, 0.2) is 36.7 Å². The van der Waals surface area contributed by atoms with Gasteiger partial charge in [-0.25, -0.2) is 4.98 Å². The van der Waals surface area contributed by atoms with Gasteiger partial charge in [-0.15, -0.1) is 0 Å². The first-order valence-electron chi connectivity index (χ1n) is 7.43. The van der Waals surface area contributed by atoms with Gasteiger partial charge in [-0.1, -0.05) is 18.2 Å². The van der Waals surface area contributed by atoms with Crippen molar-refractivity contribution >= 4 is 16.7 Å². The van der Waals surface area contributed by atoms with Gasteiger partial charge in [0.2, 0.25) is 5.13 Å². The van der Waals surface area contributed by atoms with E-state index in [0.29, 0.717) is 5.92 Å². The second-order valence-corrected chi connectivity index (χ2v) is 6.44. The average Bonchev–Trinajstić information content (AvgIpc) is 3.12. The summed E-state index contributed by atoms with van der Waals surface area (Å²) in [6.07, 6.45) is 6.39. The number of rotatable bonds is 5. The molecule has 6 heteroatoms. The fourth-order valence-corrected chi connectivity index (χ4v) is 3.06. The Morgan fingerprint density at radius 2 is 2.23 bits per heavy atom. The summed E-state index contributed by atoms with van der Waals surface area (Å²) in [6.45, 7) is 0.757. The quantitative estimate of drug-likeness (QED) is 0.784. The maximum absolute atomic E-state index is 4.55. The van der Waals surface area contributed by atoms with Crippen LogP contribution in [0.2, 0.25) is 0 Å². The molecule has 0 aliphatic heterocycles. The van der Waals surface area contributed by atoms with Crippen molar-refractivity contribution in [3.63, 3.8) is 0 Å². The van der Waals surface area contributed by atoms with Gasteiger partial charge in [-0.2, -0.15) is 9.47 Å². The number of hydrogen-bond acceptors (Lipinski definition) is 5. The molecule has 2 heterocycles. The van der Waals surface area contributed by atoms with Gasteiger partial charge in [0, 0.05) is 42.8 Å². The Bertz CT molecular complexity index is 787. The minimum atomic E-state index is 0.612. The molecule has 0 saturated heterocycles. The first kappa shape index (κ1) is 13.5. The molecule has 0 atom stereocenters. The molecule has 1 aromatic carbocycles. The monoisotopic (exact) mass is 311 g/mol. The van der Waals surface area contributed by atoms with Crippen LogP contribution in [0.5, 0.6) is 0 Å². The molecule has 5 nitrogen and oxygen atoms in total. The van der Waals surface area contributed by atoms with Crippen molar-refractivity contribution < 1.29 is 0 Å². The lowest BCUT2D eigenvalue weighted by atomic mass is 10.1. The van der Waals surface area contributed by atoms with Crippen molar-refractivity contribution in [2.75, 3.05) is 5.32 Å². The van der Waals surface area contributed by atoms with Gasteiger partial charge in [-0.3, -0.25) is 4.68 Å². The molecule has 1 aliphatic rings. The number of hydrogen-bond donors (Lipinski definition) is 1. The molecule has 3 aromatic rings. The van der Waals surface area contributed by atoms with Crippen molar-refractivity contribution in [2.24, 2.45) is 7.05 Å². The summed E-state index contributed by atoms with van der Waals surface area (Å²) in [7, 11) is 1.93. The van der Waals surface area contributed by atoms with Crippen molar-refractivity contribution in [3.8, 4) is 11.1 Å². The zero-order valence-electron chi connectivity index (χ0n) is 12.4. The minimum Gasteiger partial charge on any atom is -0.356 e. The van der Waals surface area contributed by atoms with Crippen LogP contribution in [0, 0.1) is 0 Å². The highest BCUT2D eigenvalue weighted by molar-refractivity contribution is 7.09. The van der Waals surface area contributed by atoms with E-state index >= 15 is 0 Å². The molecule has 112 valence electrons. The normalized spacial score (nSPS) is 14.2. The van der Waals surface area contributed by atoms with E-state index < -0.39 is 0 Å². The smallest absolute Gasteiger partial charge is 0.202 e. The molecule has 22 heavy (non-hydrogen) atoms. The van der Waals surface area contributed by atoms with E-state index in [9.17, 15) is 0 Å². The van der Waals surface area contributed by atoms with Crippen LogP contribution in [-0.4, -0.2) is 19.1 Å². The van der Waals surface area contributed by atoms with Gasteiger partial charge < -0.3 is 5.32 Å². The van der Waals surface area contributed by atoms with Crippen LogP contribution in [0.3, 0.4) is 0 Å². The Labute approximate surface area is 133 Å². The van der Waals surface area contributed by atoms with Crippen LogP contribution in [0.1, 0.15) is 30.1 Å². The lowest BCUT2D eigenvalue weighted by molar-refractivity contribution is 0.768. The number of aromatic nitrogens is 4. The third-order valence-electron chi connectivity index (χ3n) is 3.79.